The summed E-state index contributed by atoms with van der Waals surface area (Å²) in [6, 6.07) is 12.2. The zero-order valence-corrected chi connectivity index (χ0v) is 16.8. The Labute approximate surface area is 164 Å². The van der Waals surface area contributed by atoms with E-state index in [-0.39, 0.29) is 0 Å². The first-order chi connectivity index (χ1) is 12.7. The monoisotopic (exact) mass is 408 g/mol. The predicted octanol–water partition coefficient (Wildman–Crippen LogP) is 3.35. The SMILES string of the molecule is Cc1cccc(O[C@H](C)C(=O)NNS(=O)(=O)/C=C/c2ccc(Cl)cc2)c1C. The fourth-order valence-corrected chi connectivity index (χ4v) is 2.87. The lowest BCUT2D eigenvalue weighted by Crippen LogP contribution is -2.46. The first-order valence-electron chi connectivity index (χ1n) is 8.16. The number of sulfonamides is 1. The smallest absolute Gasteiger partial charge is 0.275 e. The van der Waals surface area contributed by atoms with Gasteiger partial charge in [-0.2, -0.15) is 0 Å². The van der Waals surface area contributed by atoms with E-state index >= 15 is 0 Å². The lowest BCUT2D eigenvalue weighted by atomic mass is 10.1. The Balaban J connectivity index is 1.92. The van der Waals surface area contributed by atoms with E-state index in [0.29, 0.717) is 16.3 Å². The molecule has 2 N–H and O–H groups in total. The van der Waals surface area contributed by atoms with Crippen LogP contribution in [-0.4, -0.2) is 20.4 Å². The first-order valence-corrected chi connectivity index (χ1v) is 10.1. The highest BCUT2D eigenvalue weighted by molar-refractivity contribution is 7.92. The molecule has 0 saturated heterocycles. The van der Waals surface area contributed by atoms with Crippen LogP contribution in [0.25, 0.3) is 6.08 Å². The van der Waals surface area contributed by atoms with Crippen LogP contribution in [0.15, 0.2) is 47.9 Å². The second kappa shape index (κ2) is 9.03. The van der Waals surface area contributed by atoms with Crippen molar-refractivity contribution >= 4 is 33.6 Å². The Morgan fingerprint density at radius 2 is 1.81 bits per heavy atom. The standard InChI is InChI=1S/C19H21ClN2O4S/c1-13-5-4-6-18(14(13)2)26-15(3)19(23)21-22-27(24,25)12-11-16-7-9-17(20)10-8-16/h4-12,15,22H,1-3H3,(H,21,23)/b12-11+/t15-/m1/s1. The molecule has 0 spiro atoms. The highest BCUT2D eigenvalue weighted by Gasteiger charge is 2.17. The third-order valence-corrected chi connectivity index (χ3v) is 4.99. The van der Waals surface area contributed by atoms with Gasteiger partial charge in [0.15, 0.2) is 6.10 Å². The molecule has 6 nitrogen and oxygen atoms in total. The fourth-order valence-electron chi connectivity index (χ4n) is 2.09. The Hall–Kier alpha value is -2.35. The van der Waals surface area contributed by atoms with E-state index in [0.717, 1.165) is 16.5 Å². The van der Waals surface area contributed by atoms with Gasteiger partial charge in [0.25, 0.3) is 15.9 Å². The molecule has 0 unspecified atom stereocenters. The largest absolute Gasteiger partial charge is 0.481 e. The summed E-state index contributed by atoms with van der Waals surface area (Å²) in [4.78, 5) is 14.1. The number of ether oxygens (including phenoxy) is 1. The van der Waals surface area contributed by atoms with Gasteiger partial charge in [0, 0.05) is 10.4 Å². The summed E-state index contributed by atoms with van der Waals surface area (Å²) in [5.41, 5.74) is 4.76. The molecule has 0 bridgehead atoms. The van der Waals surface area contributed by atoms with Crippen LogP contribution in [0.4, 0.5) is 0 Å². The number of hydrogen-bond acceptors (Lipinski definition) is 4. The number of hydrazine groups is 1. The van der Waals surface area contributed by atoms with E-state index in [9.17, 15) is 13.2 Å². The summed E-state index contributed by atoms with van der Waals surface area (Å²) in [5.74, 6) is -0.0393. The molecular formula is C19H21ClN2O4S. The van der Waals surface area contributed by atoms with Crippen molar-refractivity contribution in [3.8, 4) is 5.75 Å². The van der Waals surface area contributed by atoms with Gasteiger partial charge in [-0.25, -0.2) is 8.42 Å². The number of amides is 1. The summed E-state index contributed by atoms with van der Waals surface area (Å²) in [7, 11) is -3.86. The molecule has 0 aromatic heterocycles. The molecule has 1 amide bonds. The van der Waals surface area contributed by atoms with Crippen LogP contribution in [0.5, 0.6) is 5.75 Å². The molecule has 0 aliphatic carbocycles. The summed E-state index contributed by atoms with van der Waals surface area (Å²) >= 11 is 5.78. The minimum atomic E-state index is -3.86. The third-order valence-electron chi connectivity index (χ3n) is 3.85. The molecule has 8 heteroatoms. The van der Waals surface area contributed by atoms with E-state index < -0.39 is 22.0 Å². The van der Waals surface area contributed by atoms with Crippen molar-refractivity contribution in [1.29, 1.82) is 0 Å². The van der Waals surface area contributed by atoms with E-state index in [2.05, 4.69) is 5.43 Å². The summed E-state index contributed by atoms with van der Waals surface area (Å²) in [6.07, 6.45) is 0.509. The highest BCUT2D eigenvalue weighted by atomic mass is 35.5. The maximum atomic E-state index is 12.1. The summed E-state index contributed by atoms with van der Waals surface area (Å²) < 4.78 is 29.6. The maximum Gasteiger partial charge on any atom is 0.275 e. The second-order valence-electron chi connectivity index (χ2n) is 5.95. The predicted molar refractivity (Wildman–Crippen MR) is 107 cm³/mol. The number of carbonyl (C=O) groups excluding carboxylic acids is 1. The highest BCUT2D eigenvalue weighted by Crippen LogP contribution is 2.21. The van der Waals surface area contributed by atoms with Crippen molar-refractivity contribution in [1.82, 2.24) is 10.3 Å². The Morgan fingerprint density at radius 1 is 1.15 bits per heavy atom. The average molecular weight is 409 g/mol. The van der Waals surface area contributed by atoms with Gasteiger partial charge in [0.05, 0.1) is 0 Å². The van der Waals surface area contributed by atoms with Crippen molar-refractivity contribution < 1.29 is 17.9 Å². The molecule has 2 aromatic rings. The molecule has 1 atom stereocenters. The molecular weight excluding hydrogens is 388 g/mol. The van der Waals surface area contributed by atoms with Crippen LogP contribution in [0.2, 0.25) is 5.02 Å². The van der Waals surface area contributed by atoms with Gasteiger partial charge in [-0.05, 0) is 61.7 Å². The van der Waals surface area contributed by atoms with Crippen LogP contribution in [0.3, 0.4) is 0 Å². The summed E-state index contributed by atoms with van der Waals surface area (Å²) in [6.45, 7) is 5.36. The number of carbonyl (C=O) groups is 1. The van der Waals surface area contributed by atoms with Crippen molar-refractivity contribution in [3.63, 3.8) is 0 Å². The van der Waals surface area contributed by atoms with Gasteiger partial charge in [-0.15, -0.1) is 4.83 Å². The van der Waals surface area contributed by atoms with E-state index in [1.54, 1.807) is 30.3 Å². The van der Waals surface area contributed by atoms with Crippen LogP contribution in [0.1, 0.15) is 23.6 Å². The normalized spacial score (nSPS) is 12.7. The van der Waals surface area contributed by atoms with Crippen LogP contribution in [-0.2, 0) is 14.8 Å². The maximum absolute atomic E-state index is 12.1. The van der Waals surface area contributed by atoms with Crippen molar-refractivity contribution in [3.05, 3.63) is 69.6 Å². The van der Waals surface area contributed by atoms with Gasteiger partial charge in [0.2, 0.25) is 0 Å². The molecule has 0 radical (unpaired) electrons. The van der Waals surface area contributed by atoms with E-state index in [4.69, 9.17) is 16.3 Å². The molecule has 0 heterocycles. The third kappa shape index (κ3) is 6.39. The second-order valence-corrected chi connectivity index (χ2v) is 7.95. The van der Waals surface area contributed by atoms with E-state index in [1.807, 2.05) is 30.8 Å². The molecule has 0 saturated carbocycles. The number of halogens is 1. The van der Waals surface area contributed by atoms with Gasteiger partial charge in [-0.3, -0.25) is 10.2 Å². The fraction of sp³-hybridized carbons (Fsp3) is 0.211. The van der Waals surface area contributed by atoms with Gasteiger partial charge >= 0.3 is 0 Å². The molecule has 0 fully saturated rings. The average Bonchev–Trinajstić information content (AvgIpc) is 2.63. The van der Waals surface area contributed by atoms with Crippen LogP contribution < -0.4 is 15.0 Å². The number of benzene rings is 2. The molecule has 27 heavy (non-hydrogen) atoms. The van der Waals surface area contributed by atoms with Gasteiger partial charge in [0.1, 0.15) is 5.75 Å². The van der Waals surface area contributed by atoms with Crippen molar-refractivity contribution in [2.45, 2.75) is 26.9 Å². The van der Waals surface area contributed by atoms with Crippen molar-refractivity contribution in [2.75, 3.05) is 0 Å². The lowest BCUT2D eigenvalue weighted by molar-refractivity contribution is -0.127. The Morgan fingerprint density at radius 3 is 2.48 bits per heavy atom. The topological polar surface area (TPSA) is 84.5 Å². The Kier molecular flexibility index (Phi) is 7.01. The molecule has 0 aliphatic rings. The quantitative estimate of drug-likeness (QED) is 0.688. The minimum absolute atomic E-state index is 0.554. The zero-order chi connectivity index (χ0) is 20.0. The number of rotatable bonds is 7. The number of hydrogen-bond donors (Lipinski definition) is 2. The van der Waals surface area contributed by atoms with Crippen molar-refractivity contribution in [2.24, 2.45) is 0 Å². The van der Waals surface area contributed by atoms with Gasteiger partial charge in [-0.1, -0.05) is 35.9 Å². The van der Waals surface area contributed by atoms with Gasteiger partial charge < -0.3 is 4.74 Å². The Bertz CT molecular complexity index is 941. The van der Waals surface area contributed by atoms with E-state index in [1.165, 1.54) is 13.0 Å². The lowest BCUT2D eigenvalue weighted by Gasteiger charge is -2.17. The zero-order valence-electron chi connectivity index (χ0n) is 15.2. The first kappa shape index (κ1) is 21.0. The number of aryl methyl sites for hydroxylation is 1. The number of nitrogens with one attached hydrogen (secondary N) is 2. The molecule has 2 aromatic carbocycles. The minimum Gasteiger partial charge on any atom is -0.481 e. The molecule has 2 rings (SSSR count). The molecule has 0 aliphatic heterocycles. The van der Waals surface area contributed by atoms with Crippen LogP contribution in [0, 0.1) is 13.8 Å². The summed E-state index contributed by atoms with van der Waals surface area (Å²) in [5, 5.41) is 1.51. The van der Waals surface area contributed by atoms with Crippen LogP contribution >= 0.6 is 11.6 Å². The molecule has 144 valence electrons.